The fraction of sp³-hybridized carbons (Fsp3) is 0.458. The zero-order valence-electron chi connectivity index (χ0n) is 19.5. The normalized spacial score (nSPS) is 21.4. The molecule has 2 aromatic rings. The first-order valence-electron chi connectivity index (χ1n) is 10.8. The van der Waals surface area contributed by atoms with Crippen LogP contribution in [0.15, 0.2) is 59.5 Å². The van der Waals surface area contributed by atoms with E-state index in [1.54, 1.807) is 39.8 Å². The number of hydroxylamine groups is 1. The number of nitrogens with one attached hydrogen (secondary N) is 2. The lowest BCUT2D eigenvalue weighted by Gasteiger charge is -2.40. The number of rotatable bonds is 8. The van der Waals surface area contributed by atoms with Crippen molar-refractivity contribution < 1.29 is 27.5 Å². The van der Waals surface area contributed by atoms with Crippen LogP contribution in [0.5, 0.6) is 5.75 Å². The van der Waals surface area contributed by atoms with Gasteiger partial charge in [-0.3, -0.25) is 9.63 Å². The van der Waals surface area contributed by atoms with Crippen LogP contribution in [-0.2, 0) is 31.0 Å². The highest BCUT2D eigenvalue weighted by molar-refractivity contribution is 7.89. The SMILES string of the molecule is CC(C)(C)ONC(=O)[C@@]1(C)COCC[C@H]1NS(=O)(=O)c1ccc(OCc2ccccc2)cc1. The minimum atomic E-state index is -3.87. The molecular formula is C24H32N2O6S. The molecule has 0 aliphatic carbocycles. The fourth-order valence-corrected chi connectivity index (χ4v) is 4.73. The molecule has 0 radical (unpaired) electrons. The maximum atomic E-state index is 13.1. The summed E-state index contributed by atoms with van der Waals surface area (Å²) in [5.74, 6) is 0.127. The van der Waals surface area contributed by atoms with Crippen LogP contribution in [0.2, 0.25) is 0 Å². The highest BCUT2D eigenvalue weighted by Gasteiger charge is 2.46. The van der Waals surface area contributed by atoms with Gasteiger partial charge in [-0.05, 0) is 63.9 Å². The summed E-state index contributed by atoms with van der Waals surface area (Å²) in [6, 6.07) is 15.3. The Morgan fingerprint density at radius 2 is 1.79 bits per heavy atom. The van der Waals surface area contributed by atoms with Gasteiger partial charge in [-0.15, -0.1) is 0 Å². The van der Waals surface area contributed by atoms with Gasteiger partial charge in [0.15, 0.2) is 0 Å². The van der Waals surface area contributed by atoms with E-state index in [4.69, 9.17) is 14.3 Å². The molecule has 180 valence electrons. The van der Waals surface area contributed by atoms with Crippen LogP contribution < -0.4 is 14.9 Å². The molecule has 0 saturated carbocycles. The van der Waals surface area contributed by atoms with Gasteiger partial charge in [0.05, 0.1) is 22.5 Å². The molecule has 2 aromatic carbocycles. The lowest BCUT2D eigenvalue weighted by Crippen LogP contribution is -2.59. The van der Waals surface area contributed by atoms with Crippen LogP contribution in [-0.4, -0.2) is 39.2 Å². The highest BCUT2D eigenvalue weighted by atomic mass is 32.2. The first-order chi connectivity index (χ1) is 15.5. The molecule has 8 nitrogen and oxygen atoms in total. The van der Waals surface area contributed by atoms with Crippen molar-refractivity contribution >= 4 is 15.9 Å². The van der Waals surface area contributed by atoms with Crippen molar-refractivity contribution in [3.05, 3.63) is 60.2 Å². The van der Waals surface area contributed by atoms with Gasteiger partial charge in [-0.1, -0.05) is 30.3 Å². The third kappa shape index (κ3) is 6.77. The summed E-state index contributed by atoms with van der Waals surface area (Å²) in [5.41, 5.74) is 1.76. The van der Waals surface area contributed by atoms with Gasteiger partial charge in [0.2, 0.25) is 10.0 Å². The first kappa shape index (κ1) is 25.2. The zero-order chi connectivity index (χ0) is 24.1. The second kappa shape index (κ2) is 10.2. The van der Waals surface area contributed by atoms with Gasteiger partial charge in [0.1, 0.15) is 12.4 Å². The largest absolute Gasteiger partial charge is 0.489 e. The Hall–Kier alpha value is -2.46. The van der Waals surface area contributed by atoms with E-state index in [1.807, 2.05) is 30.3 Å². The summed E-state index contributed by atoms with van der Waals surface area (Å²) in [6.45, 7) is 7.90. The molecule has 0 aromatic heterocycles. The van der Waals surface area contributed by atoms with Crippen LogP contribution in [0.25, 0.3) is 0 Å². The third-order valence-electron chi connectivity index (χ3n) is 5.37. The Morgan fingerprint density at radius 1 is 1.12 bits per heavy atom. The number of hydrogen-bond acceptors (Lipinski definition) is 6. The van der Waals surface area contributed by atoms with Crippen LogP contribution in [0.1, 0.15) is 39.7 Å². The molecule has 0 bridgehead atoms. The van der Waals surface area contributed by atoms with Crippen molar-refractivity contribution in [1.82, 2.24) is 10.2 Å². The number of amides is 1. The lowest BCUT2D eigenvalue weighted by atomic mass is 9.79. The van der Waals surface area contributed by atoms with Crippen molar-refractivity contribution in [3.63, 3.8) is 0 Å². The molecular weight excluding hydrogens is 444 g/mol. The predicted octanol–water partition coefficient (Wildman–Crippen LogP) is 3.19. The molecule has 33 heavy (non-hydrogen) atoms. The maximum Gasteiger partial charge on any atom is 0.253 e. The number of benzene rings is 2. The van der Waals surface area contributed by atoms with Crippen molar-refractivity contribution in [1.29, 1.82) is 0 Å². The monoisotopic (exact) mass is 476 g/mol. The van der Waals surface area contributed by atoms with Gasteiger partial charge in [-0.25, -0.2) is 18.6 Å². The first-order valence-corrected chi connectivity index (χ1v) is 12.3. The van der Waals surface area contributed by atoms with Crippen molar-refractivity contribution in [2.75, 3.05) is 13.2 Å². The Bertz CT molecular complexity index is 1030. The number of hydrogen-bond donors (Lipinski definition) is 2. The molecule has 1 aliphatic heterocycles. The minimum absolute atomic E-state index is 0.0752. The predicted molar refractivity (Wildman–Crippen MR) is 124 cm³/mol. The number of ether oxygens (including phenoxy) is 2. The van der Waals surface area contributed by atoms with E-state index in [9.17, 15) is 13.2 Å². The summed E-state index contributed by atoms with van der Waals surface area (Å²) >= 11 is 0. The lowest BCUT2D eigenvalue weighted by molar-refractivity contribution is -0.163. The molecule has 9 heteroatoms. The number of carbonyl (C=O) groups is 1. The third-order valence-corrected chi connectivity index (χ3v) is 6.86. The van der Waals surface area contributed by atoms with Crippen molar-refractivity contribution in [2.24, 2.45) is 5.41 Å². The summed E-state index contributed by atoms with van der Waals surface area (Å²) in [7, 11) is -3.87. The minimum Gasteiger partial charge on any atom is -0.489 e. The van der Waals surface area contributed by atoms with Gasteiger partial charge >= 0.3 is 0 Å². The van der Waals surface area contributed by atoms with Gasteiger partial charge in [0.25, 0.3) is 5.91 Å². The van der Waals surface area contributed by atoms with E-state index in [-0.39, 0.29) is 11.5 Å². The average Bonchev–Trinajstić information content (AvgIpc) is 2.78. The Kier molecular flexibility index (Phi) is 7.79. The van der Waals surface area contributed by atoms with E-state index < -0.39 is 33.0 Å². The summed E-state index contributed by atoms with van der Waals surface area (Å²) in [4.78, 5) is 18.4. The molecule has 1 saturated heterocycles. The Morgan fingerprint density at radius 3 is 2.42 bits per heavy atom. The Labute approximate surface area is 195 Å². The van der Waals surface area contributed by atoms with Gasteiger partial charge < -0.3 is 9.47 Å². The van der Waals surface area contributed by atoms with Crippen LogP contribution in [0.4, 0.5) is 0 Å². The topological polar surface area (TPSA) is 103 Å². The van der Waals surface area contributed by atoms with Crippen molar-refractivity contribution in [3.8, 4) is 5.75 Å². The van der Waals surface area contributed by atoms with Crippen LogP contribution >= 0.6 is 0 Å². The molecule has 2 N–H and O–H groups in total. The molecule has 3 rings (SSSR count). The van der Waals surface area contributed by atoms with Gasteiger partial charge in [-0.2, -0.15) is 0 Å². The van der Waals surface area contributed by atoms with Crippen molar-refractivity contribution in [2.45, 2.75) is 57.3 Å². The molecule has 2 atom stereocenters. The molecule has 1 aliphatic rings. The second-order valence-electron chi connectivity index (χ2n) is 9.32. The van der Waals surface area contributed by atoms with E-state index in [0.29, 0.717) is 25.4 Å². The molecule has 0 unspecified atom stereocenters. The fourth-order valence-electron chi connectivity index (χ4n) is 3.34. The Balaban J connectivity index is 1.68. The molecule has 1 heterocycles. The maximum absolute atomic E-state index is 13.1. The zero-order valence-corrected chi connectivity index (χ0v) is 20.3. The number of carbonyl (C=O) groups excluding carboxylic acids is 1. The number of sulfonamides is 1. The average molecular weight is 477 g/mol. The summed E-state index contributed by atoms with van der Waals surface area (Å²) < 4.78 is 40.0. The smallest absolute Gasteiger partial charge is 0.253 e. The molecule has 1 fully saturated rings. The summed E-state index contributed by atoms with van der Waals surface area (Å²) in [6.07, 6.45) is 0.358. The molecule has 1 amide bonds. The van der Waals surface area contributed by atoms with Crippen LogP contribution in [0, 0.1) is 5.41 Å². The second-order valence-corrected chi connectivity index (χ2v) is 11.0. The van der Waals surface area contributed by atoms with E-state index in [0.717, 1.165) is 5.56 Å². The van der Waals surface area contributed by atoms with Gasteiger partial charge in [0, 0.05) is 12.6 Å². The summed E-state index contributed by atoms with van der Waals surface area (Å²) in [5, 5.41) is 0. The molecule has 0 spiro atoms. The highest BCUT2D eigenvalue weighted by Crippen LogP contribution is 2.31. The van der Waals surface area contributed by atoms with E-state index in [1.165, 1.54) is 12.1 Å². The standard InChI is InChI=1S/C24H32N2O6S/c1-23(2,3)32-25-22(27)24(4)17-30-15-14-21(24)26-33(28,29)20-12-10-19(11-13-20)31-16-18-8-6-5-7-9-18/h5-13,21,26H,14-17H2,1-4H3,(H,25,27)/t21-,24+/m1/s1. The quantitative estimate of drug-likeness (QED) is 0.568. The van der Waals surface area contributed by atoms with E-state index >= 15 is 0 Å². The van der Waals surface area contributed by atoms with E-state index in [2.05, 4.69) is 10.2 Å². The van der Waals surface area contributed by atoms with Crippen LogP contribution in [0.3, 0.4) is 0 Å².